The van der Waals surface area contributed by atoms with Crippen LogP contribution in [-0.4, -0.2) is 125 Å². The molecule has 17 nitrogen and oxygen atoms in total. The number of nitriles is 2. The monoisotopic (exact) mass is 1400 g/mol. The van der Waals surface area contributed by atoms with Crippen LogP contribution in [0.4, 0.5) is 57.9 Å². The maximum absolute atomic E-state index is 14.4. The molecule has 0 aliphatic carbocycles. The van der Waals surface area contributed by atoms with Crippen molar-refractivity contribution in [2.24, 2.45) is 16.1 Å². The first-order valence-corrected chi connectivity index (χ1v) is 28.8. The minimum absolute atomic E-state index is 0.0101. The Morgan fingerprint density at radius 3 is 1.84 bits per heavy atom. The number of halogens is 10. The zero-order chi connectivity index (χ0) is 59.9. The van der Waals surface area contributed by atoms with Gasteiger partial charge in [-0.1, -0.05) is 23.8 Å². The van der Waals surface area contributed by atoms with E-state index >= 15 is 0 Å². The fourth-order valence-electron chi connectivity index (χ4n) is 9.60. The number of aryl methyl sites for hydroxylation is 1. The summed E-state index contributed by atoms with van der Waals surface area (Å²) < 4.78 is 151. The van der Waals surface area contributed by atoms with Crippen molar-refractivity contribution < 1.29 is 66.8 Å². The summed E-state index contributed by atoms with van der Waals surface area (Å²) in [6.07, 6.45) is -7.04. The van der Waals surface area contributed by atoms with E-state index in [0.717, 1.165) is 88.5 Å². The van der Waals surface area contributed by atoms with E-state index in [1.54, 1.807) is 30.0 Å². The number of fused-ring (bicyclic) bond motifs is 1. The van der Waals surface area contributed by atoms with Gasteiger partial charge >= 0.3 is 28.4 Å². The number of morpholine rings is 2. The number of ether oxygens (including phenoxy) is 2. The van der Waals surface area contributed by atoms with Crippen LogP contribution in [0.25, 0.3) is 0 Å². The van der Waals surface area contributed by atoms with Gasteiger partial charge in [-0.3, -0.25) is 19.9 Å². The number of anilines is 4. The van der Waals surface area contributed by atoms with Crippen molar-refractivity contribution in [2.75, 3.05) is 85.9 Å². The summed E-state index contributed by atoms with van der Waals surface area (Å²) in [4.78, 5) is 33.8. The van der Waals surface area contributed by atoms with Gasteiger partial charge in [0.05, 0.1) is 60.5 Å². The molecule has 10 rings (SSSR count). The number of rotatable bonds is 9. The first-order chi connectivity index (χ1) is 39.5. The van der Waals surface area contributed by atoms with Gasteiger partial charge in [0.2, 0.25) is 5.66 Å². The van der Waals surface area contributed by atoms with Crippen LogP contribution in [0.3, 0.4) is 0 Å². The summed E-state index contributed by atoms with van der Waals surface area (Å²) in [5.41, 5.74) is 1.11. The Balaban J connectivity index is 0.000000170. The first-order valence-electron chi connectivity index (χ1n) is 25.2. The second-order valence-electron chi connectivity index (χ2n) is 18.8. The second-order valence-corrected chi connectivity index (χ2v) is 22.8. The van der Waals surface area contributed by atoms with Crippen molar-refractivity contribution in [2.45, 2.75) is 42.7 Å². The topological polar surface area (TPSA) is 196 Å². The number of nitrogens with one attached hydrogen (secondary N) is 1. The number of carbonyl (C=O) groups excluding carboxylic acids is 2. The molecule has 2 atom stereocenters. The average Bonchev–Trinajstić information content (AvgIpc) is 4.12. The van der Waals surface area contributed by atoms with E-state index in [-0.39, 0.29) is 62.1 Å². The first kappa shape index (κ1) is 62.1. The van der Waals surface area contributed by atoms with Crippen molar-refractivity contribution in [3.63, 3.8) is 0 Å². The Morgan fingerprint density at radius 2 is 1.28 bits per heavy atom. The fourth-order valence-corrected chi connectivity index (χ4v) is 11.2. The predicted molar refractivity (Wildman–Crippen MR) is 306 cm³/mol. The van der Waals surface area contributed by atoms with E-state index < -0.39 is 73.7 Å². The van der Waals surface area contributed by atoms with Crippen molar-refractivity contribution in [1.29, 1.82) is 10.5 Å². The number of hydrazone groups is 2. The number of carbonyl (C=O) groups is 2. The standard InChI is InChI=1S/C24H20F4IN5O2.C16H11F4N3O3S.C15H17IN2O2/c25-20-6-5-18(13-15(20)14-30)34-23(32-9-11-36-12-10-32)19(21(31-34)24(26,27)28)7-8-33(22(23)35)17-3-1-16(29)2-4-17;1-10-2-5-13(6-3-10)27(24,25)26-15(16(18,19)20)23-22-12-4-7-14(17)11(8-12)9-21;16-12-3-5-13(6-4-12)18-7-1-2-14(15(18)19)17-8-10-20-11-9-17/h1-6,13,19H,7-12H2;2-8,22H,1H3;2-6H,1,7-11H2/b;23-15-;/t19-,23+;;/m0../s1. The number of amides is 2. The summed E-state index contributed by atoms with van der Waals surface area (Å²) in [5.74, 6) is -5.51. The molecular formula is C55H48F8I2N10O7S. The van der Waals surface area contributed by atoms with Gasteiger partial charge in [-0.15, -0.1) is 5.10 Å². The molecule has 0 aromatic heterocycles. The van der Waals surface area contributed by atoms with Gasteiger partial charge in [-0.25, -0.2) is 13.8 Å². The van der Waals surface area contributed by atoms with E-state index in [9.17, 15) is 58.4 Å². The molecule has 2 amide bonds. The van der Waals surface area contributed by atoms with Crippen LogP contribution in [-0.2, 0) is 33.4 Å². The highest BCUT2D eigenvalue weighted by Gasteiger charge is 2.68. The summed E-state index contributed by atoms with van der Waals surface area (Å²) >= 11 is 4.41. The molecule has 5 aromatic rings. The van der Waals surface area contributed by atoms with E-state index in [0.29, 0.717) is 24.5 Å². The Bertz CT molecular complexity index is 3500. The molecule has 3 saturated heterocycles. The highest BCUT2D eigenvalue weighted by atomic mass is 127. The molecule has 3 fully saturated rings. The molecule has 5 aliphatic rings. The zero-order valence-electron chi connectivity index (χ0n) is 43.6. The average molecular weight is 1400 g/mol. The minimum Gasteiger partial charge on any atom is -0.379 e. The summed E-state index contributed by atoms with van der Waals surface area (Å²) in [5, 5.41) is 26.0. The molecule has 0 spiro atoms. The quantitative estimate of drug-likeness (QED) is 0.0366. The maximum Gasteiger partial charge on any atom is 0.471 e. The van der Waals surface area contributed by atoms with E-state index in [1.807, 2.05) is 46.7 Å². The Kier molecular flexibility index (Phi) is 19.7. The number of benzene rings is 5. The van der Waals surface area contributed by atoms with Gasteiger partial charge in [0.25, 0.3) is 11.8 Å². The lowest BCUT2D eigenvalue weighted by Crippen LogP contribution is -2.74. The normalized spacial score (nSPS) is 19.7. The maximum atomic E-state index is 14.4. The highest BCUT2D eigenvalue weighted by Crippen LogP contribution is 2.49. The SMILES string of the molecule is Cc1ccc(S(=O)(=O)O/C(=N\Nc2ccc(F)c(C#N)c2)C(F)(F)F)cc1.N#Cc1cc(N2N=C(C(F)(F)F)[C@@H]3CCN(c4ccc(I)cc4)C(=O)[C@@]32N2CCOCC2)ccc1F.O=C1C(N2CCOCC2)=CCCN1c1ccc(I)cc1. The third kappa shape index (κ3) is 14.2. The van der Waals surface area contributed by atoms with Crippen molar-refractivity contribution >= 4 is 101 Å². The number of hydrogen-bond donors (Lipinski definition) is 1. The molecule has 28 heteroatoms. The van der Waals surface area contributed by atoms with Crippen LogP contribution in [0.5, 0.6) is 0 Å². The fraction of sp³-hybridized carbons (Fsp3) is 0.309. The summed E-state index contributed by atoms with van der Waals surface area (Å²) in [6, 6.07) is 29.6. The summed E-state index contributed by atoms with van der Waals surface area (Å²) in [6.45, 7) is 6.37. The molecule has 0 radical (unpaired) electrons. The molecule has 83 heavy (non-hydrogen) atoms. The lowest BCUT2D eigenvalue weighted by atomic mass is 9.79. The van der Waals surface area contributed by atoms with E-state index in [2.05, 4.69) is 70.5 Å². The van der Waals surface area contributed by atoms with Crippen LogP contribution in [0.2, 0.25) is 0 Å². The van der Waals surface area contributed by atoms with Gasteiger partial charge in [0, 0.05) is 57.8 Å². The number of hydrogen-bond acceptors (Lipinski definition) is 15. The van der Waals surface area contributed by atoms with Crippen LogP contribution in [0.15, 0.2) is 136 Å². The predicted octanol–water partition coefficient (Wildman–Crippen LogP) is 10.1. The van der Waals surface area contributed by atoms with Crippen molar-refractivity contribution in [3.05, 3.63) is 156 Å². The third-order valence-corrected chi connectivity index (χ3v) is 16.2. The molecule has 5 heterocycles. The Labute approximate surface area is 498 Å². The zero-order valence-corrected chi connectivity index (χ0v) is 48.7. The number of alkyl halides is 6. The van der Waals surface area contributed by atoms with Crippen LogP contribution in [0.1, 0.15) is 29.5 Å². The second kappa shape index (κ2) is 26.3. The van der Waals surface area contributed by atoms with Gasteiger partial charge in [-0.05, 0) is 162 Å². The molecule has 0 saturated carbocycles. The molecular weight excluding hydrogens is 1350 g/mol. The molecule has 5 aliphatic heterocycles. The molecule has 1 N–H and O–H groups in total. The van der Waals surface area contributed by atoms with Gasteiger partial charge in [0.15, 0.2) is 0 Å². The van der Waals surface area contributed by atoms with Crippen molar-refractivity contribution in [3.8, 4) is 12.1 Å². The van der Waals surface area contributed by atoms with Crippen LogP contribution in [0, 0.1) is 54.3 Å². The van der Waals surface area contributed by atoms with E-state index in [1.165, 1.54) is 32.7 Å². The minimum atomic E-state index is -5.23. The molecule has 0 unspecified atom stereocenters. The van der Waals surface area contributed by atoms with Crippen LogP contribution >= 0.6 is 45.2 Å². The lowest BCUT2D eigenvalue weighted by molar-refractivity contribution is -0.140. The van der Waals surface area contributed by atoms with E-state index in [4.69, 9.17) is 14.7 Å². The van der Waals surface area contributed by atoms with Gasteiger partial charge in [-0.2, -0.15) is 50.4 Å². The van der Waals surface area contributed by atoms with Gasteiger partial charge in [0.1, 0.15) is 34.4 Å². The van der Waals surface area contributed by atoms with Crippen LogP contribution < -0.4 is 20.2 Å². The van der Waals surface area contributed by atoms with Crippen molar-refractivity contribution in [1.82, 2.24) is 9.80 Å². The highest BCUT2D eigenvalue weighted by molar-refractivity contribution is 14.1. The third-order valence-electron chi connectivity index (χ3n) is 13.5. The Morgan fingerprint density at radius 1 is 0.735 bits per heavy atom. The molecule has 5 aromatic carbocycles. The largest absolute Gasteiger partial charge is 0.471 e. The number of nitrogens with zero attached hydrogens (tertiary/aromatic N) is 9. The number of piperidine rings is 1. The molecule has 436 valence electrons. The Hall–Kier alpha value is -6.97. The summed E-state index contributed by atoms with van der Waals surface area (Å²) in [7, 11) is -4.79. The molecule has 0 bridgehead atoms. The van der Waals surface area contributed by atoms with Gasteiger partial charge < -0.3 is 28.4 Å². The lowest BCUT2D eigenvalue weighted by Gasteiger charge is -2.53. The smallest absolute Gasteiger partial charge is 0.379 e.